The quantitative estimate of drug-likeness (QED) is 0.0785. The first-order chi connectivity index (χ1) is 21.1. The maximum Gasteiger partial charge on any atom is 0.354 e. The zero-order valence-electron chi connectivity index (χ0n) is 26.7. The maximum atomic E-state index is 7.53. The molecule has 3 nitrogen and oxygen atoms in total. The van der Waals surface area contributed by atoms with Gasteiger partial charge in [-0.25, -0.2) is 0 Å². The first kappa shape index (κ1) is 31.2. The second kappa shape index (κ2) is 12.8. The maximum absolute atomic E-state index is 7.53. The third kappa shape index (κ3) is 5.95. The van der Waals surface area contributed by atoms with Crippen LogP contribution in [0.25, 0.3) is 0 Å². The van der Waals surface area contributed by atoms with Crippen molar-refractivity contribution in [2.45, 2.75) is 51.6 Å². The van der Waals surface area contributed by atoms with Crippen LogP contribution in [-0.4, -0.2) is 22.5 Å². The van der Waals surface area contributed by atoms with Crippen LogP contribution < -0.4 is 20.7 Å². The van der Waals surface area contributed by atoms with Crippen LogP contribution in [0.5, 0.6) is 0 Å². The van der Waals surface area contributed by atoms with Gasteiger partial charge < -0.3 is 8.95 Å². The van der Waals surface area contributed by atoms with Crippen LogP contribution in [0.3, 0.4) is 0 Å². The standard InChI is InChI=1S/C39H43NO2Si2/c1-38(2,3)43(33-24-14-8-15-25-33,34-26-16-9-17-27-34)41-37(32-22-12-7-13-23-32)40-42-44(39(4,5)6,35-28-18-10-19-29-35)36-30-20-11-21-31-36/h7-31H,1-6H3/b40-37-. The summed E-state index contributed by atoms with van der Waals surface area (Å²) < 4.78 is 14.7. The molecule has 224 valence electrons. The Labute approximate surface area is 265 Å². The minimum absolute atomic E-state index is 0.233. The van der Waals surface area contributed by atoms with Crippen LogP contribution in [0.1, 0.15) is 47.1 Å². The van der Waals surface area contributed by atoms with Crippen molar-refractivity contribution in [3.8, 4) is 0 Å². The Kier molecular flexibility index (Phi) is 9.09. The topological polar surface area (TPSA) is 30.8 Å². The highest BCUT2D eigenvalue weighted by molar-refractivity contribution is 7.01. The predicted octanol–water partition coefficient (Wildman–Crippen LogP) is 7.50. The molecule has 0 saturated heterocycles. The van der Waals surface area contributed by atoms with Crippen LogP contribution in [0.4, 0.5) is 0 Å². The van der Waals surface area contributed by atoms with Gasteiger partial charge in [0.05, 0.1) is 0 Å². The molecule has 0 aliphatic rings. The van der Waals surface area contributed by atoms with E-state index in [2.05, 4.69) is 175 Å². The van der Waals surface area contributed by atoms with Gasteiger partial charge in [0.2, 0.25) is 5.90 Å². The van der Waals surface area contributed by atoms with Gasteiger partial charge in [0, 0.05) is 10.6 Å². The number of nitrogens with zero attached hydrogens (tertiary/aromatic N) is 1. The predicted molar refractivity (Wildman–Crippen MR) is 190 cm³/mol. The first-order valence-electron chi connectivity index (χ1n) is 15.3. The molecule has 0 spiro atoms. The van der Waals surface area contributed by atoms with Crippen molar-refractivity contribution < 1.29 is 8.95 Å². The summed E-state index contributed by atoms with van der Waals surface area (Å²) in [5, 5.41) is 9.36. The first-order valence-corrected chi connectivity index (χ1v) is 19.1. The molecule has 0 amide bonds. The van der Waals surface area contributed by atoms with Gasteiger partial charge in [0.15, 0.2) is 0 Å². The van der Waals surface area contributed by atoms with Crippen LogP contribution in [0.2, 0.25) is 10.1 Å². The number of oxime groups is 1. The number of hydrogen-bond acceptors (Lipinski definition) is 3. The molecule has 0 radical (unpaired) electrons. The van der Waals surface area contributed by atoms with Crippen molar-refractivity contribution in [3.63, 3.8) is 0 Å². The second-order valence-corrected chi connectivity index (χ2v) is 21.7. The molecule has 0 N–H and O–H groups in total. The molecular weight excluding hydrogens is 571 g/mol. The van der Waals surface area contributed by atoms with E-state index in [1.807, 2.05) is 18.2 Å². The Bertz CT molecular complexity index is 1570. The van der Waals surface area contributed by atoms with Crippen molar-refractivity contribution in [1.29, 1.82) is 0 Å². The third-order valence-corrected chi connectivity index (χ3v) is 18.0. The van der Waals surface area contributed by atoms with Gasteiger partial charge in [-0.15, -0.1) is 0 Å². The fourth-order valence-electron chi connectivity index (χ4n) is 6.24. The van der Waals surface area contributed by atoms with Crippen molar-refractivity contribution in [1.82, 2.24) is 0 Å². The minimum atomic E-state index is -2.99. The van der Waals surface area contributed by atoms with Crippen molar-refractivity contribution in [2.75, 3.05) is 0 Å². The lowest BCUT2D eigenvalue weighted by Gasteiger charge is -2.43. The molecule has 0 bridgehead atoms. The lowest BCUT2D eigenvalue weighted by molar-refractivity contribution is 0.305. The van der Waals surface area contributed by atoms with E-state index in [-0.39, 0.29) is 10.1 Å². The van der Waals surface area contributed by atoms with E-state index in [9.17, 15) is 0 Å². The molecule has 0 atom stereocenters. The lowest BCUT2D eigenvalue weighted by Crippen LogP contribution is -2.68. The van der Waals surface area contributed by atoms with Gasteiger partial charge in [-0.2, -0.15) is 0 Å². The fourth-order valence-corrected chi connectivity index (χ4v) is 14.7. The molecule has 0 heterocycles. The van der Waals surface area contributed by atoms with E-state index in [1.165, 1.54) is 20.7 Å². The van der Waals surface area contributed by atoms with Crippen molar-refractivity contribution in [3.05, 3.63) is 157 Å². The summed E-state index contributed by atoms with van der Waals surface area (Å²) in [6.07, 6.45) is 0. The van der Waals surface area contributed by atoms with Gasteiger partial charge in [-0.1, -0.05) is 186 Å². The summed E-state index contributed by atoms with van der Waals surface area (Å²) in [5.74, 6) is 0.507. The molecule has 0 fully saturated rings. The molecule has 5 heteroatoms. The number of rotatable bonds is 8. The van der Waals surface area contributed by atoms with E-state index >= 15 is 0 Å². The Hall–Kier alpha value is -4.20. The molecule has 0 aliphatic heterocycles. The molecular formula is C39H43NO2Si2. The van der Waals surface area contributed by atoms with Crippen LogP contribution >= 0.6 is 0 Å². The van der Waals surface area contributed by atoms with E-state index < -0.39 is 16.6 Å². The monoisotopic (exact) mass is 613 g/mol. The number of benzene rings is 5. The molecule has 0 aromatic heterocycles. The average molecular weight is 614 g/mol. The van der Waals surface area contributed by atoms with Gasteiger partial charge in [0.1, 0.15) is 0 Å². The summed E-state index contributed by atoms with van der Waals surface area (Å²) in [7, 11) is -5.97. The Morgan fingerprint density at radius 3 is 1.05 bits per heavy atom. The Morgan fingerprint density at radius 1 is 0.432 bits per heavy atom. The summed E-state index contributed by atoms with van der Waals surface area (Å²) >= 11 is 0. The molecule has 44 heavy (non-hydrogen) atoms. The SMILES string of the molecule is CC(C)(C)[Si](O/N=C(\O[Si](c1ccccc1)(c1ccccc1)C(C)(C)C)c1ccccc1)(c1ccccc1)c1ccccc1. The molecule has 0 unspecified atom stereocenters. The summed E-state index contributed by atoms with van der Waals surface area (Å²) in [6.45, 7) is 13.6. The van der Waals surface area contributed by atoms with Crippen molar-refractivity contribution >= 4 is 43.3 Å². The molecule has 5 rings (SSSR count). The van der Waals surface area contributed by atoms with Crippen LogP contribution in [-0.2, 0) is 8.95 Å². The zero-order valence-corrected chi connectivity index (χ0v) is 28.7. The van der Waals surface area contributed by atoms with Gasteiger partial charge in [0.25, 0.3) is 0 Å². The fraction of sp³-hybridized carbons (Fsp3) is 0.205. The molecule has 5 aromatic rings. The van der Waals surface area contributed by atoms with E-state index in [0.29, 0.717) is 5.90 Å². The highest BCUT2D eigenvalue weighted by Gasteiger charge is 2.55. The van der Waals surface area contributed by atoms with Gasteiger partial charge in [-0.3, -0.25) is 0 Å². The summed E-state index contributed by atoms with van der Waals surface area (Å²) in [4.78, 5) is 0. The third-order valence-electron chi connectivity index (χ3n) is 8.37. The molecule has 0 saturated carbocycles. The lowest BCUT2D eigenvalue weighted by atomic mass is 10.2. The Balaban J connectivity index is 1.77. The van der Waals surface area contributed by atoms with E-state index in [0.717, 1.165) is 5.56 Å². The van der Waals surface area contributed by atoms with Gasteiger partial charge >= 0.3 is 16.6 Å². The smallest absolute Gasteiger partial charge is 0.354 e. The largest absolute Gasteiger partial charge is 0.519 e. The number of hydrogen-bond donors (Lipinski definition) is 0. The average Bonchev–Trinajstić information content (AvgIpc) is 3.04. The zero-order chi connectivity index (χ0) is 31.3. The molecule has 0 aliphatic carbocycles. The minimum Gasteiger partial charge on any atom is -0.519 e. The van der Waals surface area contributed by atoms with Crippen LogP contribution in [0, 0.1) is 0 Å². The highest BCUT2D eigenvalue weighted by Crippen LogP contribution is 2.39. The summed E-state index contributed by atoms with van der Waals surface area (Å²) in [6, 6.07) is 52.8. The van der Waals surface area contributed by atoms with E-state index in [1.54, 1.807) is 0 Å². The molecule has 5 aromatic carbocycles. The highest BCUT2D eigenvalue weighted by atomic mass is 28.4. The normalized spacial score (nSPS) is 12.9. The van der Waals surface area contributed by atoms with Crippen molar-refractivity contribution in [2.24, 2.45) is 5.16 Å². The Morgan fingerprint density at radius 2 is 0.727 bits per heavy atom. The summed E-state index contributed by atoms with van der Waals surface area (Å²) in [5.41, 5.74) is 0.887. The van der Waals surface area contributed by atoms with Gasteiger partial charge in [-0.05, 0) is 37.9 Å². The van der Waals surface area contributed by atoms with Crippen LogP contribution in [0.15, 0.2) is 157 Å². The second-order valence-electron chi connectivity index (χ2n) is 13.3. The van der Waals surface area contributed by atoms with E-state index in [4.69, 9.17) is 14.1 Å².